The van der Waals surface area contributed by atoms with Crippen molar-refractivity contribution in [2.24, 2.45) is 0 Å². The Kier molecular flexibility index (Phi) is 8.02. The molecule has 0 bridgehead atoms. The van der Waals surface area contributed by atoms with Gasteiger partial charge in [-0.2, -0.15) is 0 Å². The number of amides is 2. The standard InChI is InChI=1S/C21H24N2O5/c1-3-27-18-11-9-17(10-12-18)23-20(25)14-28-21(26)13-19(22-15(2)24)16-7-5-4-6-8-16/h4-12,19H,3,13-14H2,1-2H3,(H,22,24)(H,23,25)/t19-/m0/s1. The highest BCUT2D eigenvalue weighted by Crippen LogP contribution is 2.18. The minimum Gasteiger partial charge on any atom is -0.494 e. The number of nitrogens with one attached hydrogen (secondary N) is 2. The zero-order valence-electron chi connectivity index (χ0n) is 15.9. The van der Waals surface area contributed by atoms with Crippen molar-refractivity contribution in [3.8, 4) is 5.75 Å². The summed E-state index contributed by atoms with van der Waals surface area (Å²) in [6.45, 7) is 3.42. The molecule has 2 N–H and O–H groups in total. The first-order chi connectivity index (χ1) is 13.5. The van der Waals surface area contributed by atoms with E-state index in [0.717, 1.165) is 5.56 Å². The molecule has 2 aromatic rings. The molecule has 0 aliphatic rings. The summed E-state index contributed by atoms with van der Waals surface area (Å²) in [4.78, 5) is 35.5. The van der Waals surface area contributed by atoms with Crippen molar-refractivity contribution >= 4 is 23.5 Å². The average Bonchev–Trinajstić information content (AvgIpc) is 2.68. The van der Waals surface area contributed by atoms with Crippen molar-refractivity contribution in [2.75, 3.05) is 18.5 Å². The zero-order valence-corrected chi connectivity index (χ0v) is 15.9. The summed E-state index contributed by atoms with van der Waals surface area (Å²) < 4.78 is 10.4. The Morgan fingerprint density at radius 1 is 1.00 bits per heavy atom. The molecular formula is C21H24N2O5. The van der Waals surface area contributed by atoms with E-state index in [0.29, 0.717) is 18.0 Å². The number of hydrogen-bond acceptors (Lipinski definition) is 5. The number of anilines is 1. The number of ether oxygens (including phenoxy) is 2. The van der Waals surface area contributed by atoms with E-state index in [4.69, 9.17) is 9.47 Å². The van der Waals surface area contributed by atoms with Gasteiger partial charge in [-0.05, 0) is 36.8 Å². The minimum atomic E-state index is -0.579. The third kappa shape index (κ3) is 7.11. The first kappa shape index (κ1) is 21.0. The Balaban J connectivity index is 1.84. The number of carbonyl (C=O) groups is 3. The quantitative estimate of drug-likeness (QED) is 0.649. The fourth-order valence-corrected chi connectivity index (χ4v) is 2.55. The molecule has 2 aromatic carbocycles. The molecule has 1 atom stereocenters. The van der Waals surface area contributed by atoms with Crippen LogP contribution in [0.2, 0.25) is 0 Å². The lowest BCUT2D eigenvalue weighted by Gasteiger charge is -2.17. The average molecular weight is 384 g/mol. The third-order valence-corrected chi connectivity index (χ3v) is 3.76. The van der Waals surface area contributed by atoms with Crippen LogP contribution in [-0.4, -0.2) is 31.0 Å². The van der Waals surface area contributed by atoms with Gasteiger partial charge in [0.15, 0.2) is 6.61 Å². The normalized spacial score (nSPS) is 11.2. The SMILES string of the molecule is CCOc1ccc(NC(=O)COC(=O)C[C@H](NC(C)=O)c2ccccc2)cc1. The lowest BCUT2D eigenvalue weighted by atomic mass is 10.0. The number of hydrogen-bond donors (Lipinski definition) is 2. The van der Waals surface area contributed by atoms with Gasteiger partial charge in [0.1, 0.15) is 5.75 Å². The number of benzene rings is 2. The van der Waals surface area contributed by atoms with Crippen molar-refractivity contribution in [1.29, 1.82) is 0 Å². The summed E-state index contributed by atoms with van der Waals surface area (Å²) in [7, 11) is 0. The molecule has 7 nitrogen and oxygen atoms in total. The second kappa shape index (κ2) is 10.7. The molecule has 0 aromatic heterocycles. The van der Waals surface area contributed by atoms with E-state index in [1.165, 1.54) is 6.92 Å². The molecule has 0 unspecified atom stereocenters. The van der Waals surface area contributed by atoms with Crippen molar-refractivity contribution in [2.45, 2.75) is 26.3 Å². The number of carbonyl (C=O) groups excluding carboxylic acids is 3. The highest BCUT2D eigenvalue weighted by Gasteiger charge is 2.18. The van der Waals surface area contributed by atoms with Crippen LogP contribution in [0.15, 0.2) is 54.6 Å². The van der Waals surface area contributed by atoms with Crippen LogP contribution in [-0.2, 0) is 19.1 Å². The fourth-order valence-electron chi connectivity index (χ4n) is 2.55. The summed E-state index contributed by atoms with van der Waals surface area (Å²) in [6.07, 6.45) is -0.0695. The van der Waals surface area contributed by atoms with Crippen molar-refractivity contribution in [3.05, 3.63) is 60.2 Å². The number of esters is 1. The van der Waals surface area contributed by atoms with Crippen LogP contribution in [0.4, 0.5) is 5.69 Å². The van der Waals surface area contributed by atoms with Crippen molar-refractivity contribution in [1.82, 2.24) is 5.32 Å². The second-order valence-corrected chi connectivity index (χ2v) is 6.03. The summed E-state index contributed by atoms with van der Waals surface area (Å²) in [5.74, 6) is -0.579. The molecule has 0 aliphatic heterocycles. The molecule has 0 saturated carbocycles. The van der Waals surface area contributed by atoms with Gasteiger partial charge in [-0.25, -0.2) is 0 Å². The van der Waals surface area contributed by atoms with E-state index < -0.39 is 24.5 Å². The van der Waals surface area contributed by atoms with Crippen LogP contribution in [0.25, 0.3) is 0 Å². The van der Waals surface area contributed by atoms with Gasteiger partial charge in [0.2, 0.25) is 5.91 Å². The number of rotatable bonds is 9. The van der Waals surface area contributed by atoms with Crippen LogP contribution >= 0.6 is 0 Å². The molecule has 2 rings (SSSR count). The molecule has 0 saturated heterocycles. The molecule has 0 aliphatic carbocycles. The summed E-state index contributed by atoms with van der Waals surface area (Å²) in [5.41, 5.74) is 1.36. The molecule has 0 heterocycles. The Labute approximate surface area is 164 Å². The zero-order chi connectivity index (χ0) is 20.4. The van der Waals surface area contributed by atoms with Gasteiger partial charge in [0, 0.05) is 12.6 Å². The largest absolute Gasteiger partial charge is 0.494 e. The molecule has 28 heavy (non-hydrogen) atoms. The lowest BCUT2D eigenvalue weighted by Crippen LogP contribution is -2.29. The van der Waals surface area contributed by atoms with Crippen LogP contribution in [0, 0.1) is 0 Å². The van der Waals surface area contributed by atoms with E-state index in [1.807, 2.05) is 37.3 Å². The Morgan fingerprint density at radius 3 is 2.29 bits per heavy atom. The van der Waals surface area contributed by atoms with Crippen LogP contribution < -0.4 is 15.4 Å². The summed E-state index contributed by atoms with van der Waals surface area (Å²) in [5, 5.41) is 5.36. The maximum Gasteiger partial charge on any atom is 0.308 e. The van der Waals surface area contributed by atoms with E-state index in [9.17, 15) is 14.4 Å². The third-order valence-electron chi connectivity index (χ3n) is 3.76. The highest BCUT2D eigenvalue weighted by atomic mass is 16.5. The van der Waals surface area contributed by atoms with Crippen molar-refractivity contribution < 1.29 is 23.9 Å². The highest BCUT2D eigenvalue weighted by molar-refractivity contribution is 5.92. The Bertz CT molecular complexity index is 790. The molecule has 0 fully saturated rings. The van der Waals surface area contributed by atoms with Crippen LogP contribution in [0.5, 0.6) is 5.75 Å². The molecule has 0 radical (unpaired) electrons. The predicted octanol–water partition coefficient (Wildman–Crippen LogP) is 2.83. The van der Waals surface area contributed by atoms with E-state index >= 15 is 0 Å². The Morgan fingerprint density at radius 2 is 1.68 bits per heavy atom. The second-order valence-electron chi connectivity index (χ2n) is 6.03. The first-order valence-electron chi connectivity index (χ1n) is 8.98. The van der Waals surface area contributed by atoms with Gasteiger partial charge in [-0.3, -0.25) is 14.4 Å². The van der Waals surface area contributed by atoms with Crippen LogP contribution in [0.3, 0.4) is 0 Å². The maximum absolute atomic E-state index is 12.1. The van der Waals surface area contributed by atoms with Crippen molar-refractivity contribution in [3.63, 3.8) is 0 Å². The molecule has 7 heteroatoms. The minimum absolute atomic E-state index is 0.0695. The summed E-state index contributed by atoms with van der Waals surface area (Å²) >= 11 is 0. The molecular weight excluding hydrogens is 360 g/mol. The monoisotopic (exact) mass is 384 g/mol. The van der Waals surface area contributed by atoms with Gasteiger partial charge in [-0.1, -0.05) is 30.3 Å². The predicted molar refractivity (Wildman–Crippen MR) is 105 cm³/mol. The van der Waals surface area contributed by atoms with Crippen LogP contribution in [0.1, 0.15) is 31.9 Å². The van der Waals surface area contributed by atoms with Gasteiger partial charge in [-0.15, -0.1) is 0 Å². The maximum atomic E-state index is 12.1. The van der Waals surface area contributed by atoms with E-state index in [1.54, 1.807) is 24.3 Å². The van der Waals surface area contributed by atoms with Gasteiger partial charge in [0.05, 0.1) is 19.1 Å². The molecule has 2 amide bonds. The molecule has 148 valence electrons. The lowest BCUT2D eigenvalue weighted by molar-refractivity contribution is -0.148. The van der Waals surface area contributed by atoms with Gasteiger partial charge in [0.25, 0.3) is 5.91 Å². The Hall–Kier alpha value is -3.35. The van der Waals surface area contributed by atoms with E-state index in [2.05, 4.69) is 10.6 Å². The first-order valence-corrected chi connectivity index (χ1v) is 8.98. The van der Waals surface area contributed by atoms with Gasteiger partial charge >= 0.3 is 5.97 Å². The van der Waals surface area contributed by atoms with Gasteiger partial charge < -0.3 is 20.1 Å². The van der Waals surface area contributed by atoms with E-state index in [-0.39, 0.29) is 12.3 Å². The summed E-state index contributed by atoms with van der Waals surface area (Å²) in [6, 6.07) is 15.5. The fraction of sp³-hybridized carbons (Fsp3) is 0.286. The molecule has 0 spiro atoms. The smallest absolute Gasteiger partial charge is 0.308 e. The topological polar surface area (TPSA) is 93.7 Å².